The molecule has 1 aliphatic carbocycles. The first-order valence-corrected chi connectivity index (χ1v) is 11.7. The fraction of sp³-hybridized carbons (Fsp3) is 0.409. The maximum absolute atomic E-state index is 12.7. The van der Waals surface area contributed by atoms with Crippen LogP contribution in [-0.2, 0) is 10.0 Å². The second kappa shape index (κ2) is 8.78. The number of hydrogen-bond donors (Lipinski definition) is 2. The van der Waals surface area contributed by atoms with Gasteiger partial charge < -0.3 is 5.32 Å². The highest BCUT2D eigenvalue weighted by Gasteiger charge is 2.18. The third-order valence-corrected chi connectivity index (χ3v) is 5.91. The van der Waals surface area contributed by atoms with Crippen LogP contribution in [0.25, 0.3) is 0 Å². The zero-order valence-electron chi connectivity index (χ0n) is 16.4. The number of rotatable bonds is 6. The number of benzene rings is 2. The minimum absolute atomic E-state index is 0.170. The van der Waals surface area contributed by atoms with Gasteiger partial charge in [0.15, 0.2) is 0 Å². The summed E-state index contributed by atoms with van der Waals surface area (Å²) in [5.41, 5.74) is 3.12. The van der Waals surface area contributed by atoms with Crippen LogP contribution in [0.5, 0.6) is 0 Å². The zero-order chi connectivity index (χ0) is 20.1. The van der Waals surface area contributed by atoms with E-state index in [0.717, 1.165) is 11.8 Å². The highest BCUT2D eigenvalue weighted by atomic mass is 32.2. The summed E-state index contributed by atoms with van der Waals surface area (Å²) in [6.07, 6.45) is 7.46. The smallest absolute Gasteiger partial charge is 0.251 e. The summed E-state index contributed by atoms with van der Waals surface area (Å²) in [5.74, 6) is 0.440. The van der Waals surface area contributed by atoms with Gasteiger partial charge in [-0.15, -0.1) is 0 Å². The molecule has 2 aromatic carbocycles. The lowest BCUT2D eigenvalue weighted by molar-refractivity contribution is 0.0940. The van der Waals surface area contributed by atoms with E-state index in [9.17, 15) is 13.2 Å². The van der Waals surface area contributed by atoms with Crippen LogP contribution in [0.1, 0.15) is 72.5 Å². The average molecular weight is 401 g/mol. The number of para-hydroxylation sites is 1. The molecule has 28 heavy (non-hydrogen) atoms. The van der Waals surface area contributed by atoms with Crippen LogP contribution in [-0.4, -0.2) is 20.6 Å². The lowest BCUT2D eigenvalue weighted by Gasteiger charge is -2.22. The van der Waals surface area contributed by atoms with Gasteiger partial charge in [0.2, 0.25) is 10.0 Å². The molecule has 0 spiro atoms. The van der Waals surface area contributed by atoms with Crippen molar-refractivity contribution in [1.29, 1.82) is 0 Å². The van der Waals surface area contributed by atoms with E-state index in [2.05, 4.69) is 22.2 Å². The Kier molecular flexibility index (Phi) is 6.39. The summed E-state index contributed by atoms with van der Waals surface area (Å²) in [6.45, 7) is 1.84. The summed E-state index contributed by atoms with van der Waals surface area (Å²) in [5, 5.41) is 2.96. The third kappa shape index (κ3) is 5.35. The van der Waals surface area contributed by atoms with Crippen molar-refractivity contribution in [1.82, 2.24) is 5.32 Å². The molecule has 2 aromatic rings. The number of carbonyl (C=O) groups is 1. The van der Waals surface area contributed by atoms with Gasteiger partial charge in [-0.3, -0.25) is 9.52 Å². The Bertz CT molecular complexity index is 917. The van der Waals surface area contributed by atoms with Crippen molar-refractivity contribution in [3.05, 3.63) is 65.2 Å². The fourth-order valence-electron chi connectivity index (χ4n) is 3.87. The fourth-order valence-corrected chi connectivity index (χ4v) is 4.45. The first kappa shape index (κ1) is 20.4. The Morgan fingerprint density at radius 1 is 1.00 bits per heavy atom. The largest absolute Gasteiger partial charge is 0.345 e. The second-order valence-corrected chi connectivity index (χ2v) is 9.36. The Morgan fingerprint density at radius 2 is 1.64 bits per heavy atom. The van der Waals surface area contributed by atoms with E-state index in [1.165, 1.54) is 37.7 Å². The molecule has 0 unspecified atom stereocenters. The lowest BCUT2D eigenvalue weighted by Crippen LogP contribution is -2.27. The molecule has 6 heteroatoms. The van der Waals surface area contributed by atoms with Gasteiger partial charge in [0.25, 0.3) is 5.91 Å². The molecule has 0 bridgehead atoms. The van der Waals surface area contributed by atoms with E-state index in [-0.39, 0.29) is 11.9 Å². The number of carbonyl (C=O) groups excluding carboxylic acids is 1. The van der Waals surface area contributed by atoms with Gasteiger partial charge in [-0.05, 0) is 55.0 Å². The Hall–Kier alpha value is -2.34. The van der Waals surface area contributed by atoms with Crippen LogP contribution in [0.3, 0.4) is 0 Å². The number of hydrogen-bond acceptors (Lipinski definition) is 3. The number of amides is 1. The predicted octanol–water partition coefficient (Wildman–Crippen LogP) is 4.60. The quantitative estimate of drug-likeness (QED) is 0.744. The molecule has 150 valence electrons. The van der Waals surface area contributed by atoms with Crippen molar-refractivity contribution < 1.29 is 13.2 Å². The lowest BCUT2D eigenvalue weighted by atomic mass is 9.84. The van der Waals surface area contributed by atoms with Crippen molar-refractivity contribution in [2.75, 3.05) is 11.0 Å². The van der Waals surface area contributed by atoms with Gasteiger partial charge in [0.05, 0.1) is 18.0 Å². The molecule has 1 saturated carbocycles. The number of nitrogens with one attached hydrogen (secondary N) is 2. The Balaban J connectivity index is 1.69. The molecule has 1 amide bonds. The van der Waals surface area contributed by atoms with Crippen molar-refractivity contribution in [2.45, 2.75) is 51.0 Å². The van der Waals surface area contributed by atoms with E-state index < -0.39 is 10.0 Å². The minimum Gasteiger partial charge on any atom is -0.345 e. The Morgan fingerprint density at radius 3 is 2.29 bits per heavy atom. The van der Waals surface area contributed by atoms with Crippen LogP contribution in [0.4, 0.5) is 5.69 Å². The predicted molar refractivity (Wildman–Crippen MR) is 113 cm³/mol. The maximum atomic E-state index is 12.7. The van der Waals surface area contributed by atoms with Crippen LogP contribution in [0.2, 0.25) is 0 Å². The number of sulfonamides is 1. The van der Waals surface area contributed by atoms with Gasteiger partial charge in [0.1, 0.15) is 0 Å². The van der Waals surface area contributed by atoms with E-state index in [0.29, 0.717) is 17.2 Å². The molecule has 0 radical (unpaired) electrons. The minimum atomic E-state index is -3.39. The highest BCUT2D eigenvalue weighted by Crippen LogP contribution is 2.32. The molecule has 1 atom stereocenters. The van der Waals surface area contributed by atoms with Crippen molar-refractivity contribution >= 4 is 21.6 Å². The van der Waals surface area contributed by atoms with Gasteiger partial charge in [0, 0.05) is 5.56 Å². The van der Waals surface area contributed by atoms with Crippen molar-refractivity contribution in [3.63, 3.8) is 0 Å². The van der Waals surface area contributed by atoms with Crippen LogP contribution in [0, 0.1) is 0 Å². The molecule has 1 fully saturated rings. The molecule has 0 aromatic heterocycles. The third-order valence-electron chi connectivity index (χ3n) is 5.32. The normalized spacial score (nSPS) is 16.4. The first-order valence-electron chi connectivity index (χ1n) is 9.81. The standard InChI is InChI=1S/C22H28N2O3S/c1-16(20-10-6-7-11-21(20)24-28(2,26)27)23-22(25)19-14-12-18(13-15-19)17-8-4-3-5-9-17/h6-7,10-17,24H,3-5,8-9H2,1-2H3,(H,23,25)/t16-/m1/s1. The summed E-state index contributed by atoms with van der Waals surface area (Å²) in [6, 6.07) is 14.6. The van der Waals surface area contributed by atoms with Gasteiger partial charge in [-0.2, -0.15) is 0 Å². The molecular weight excluding hydrogens is 372 g/mol. The second-order valence-electron chi connectivity index (χ2n) is 7.61. The molecule has 1 aliphatic rings. The summed E-state index contributed by atoms with van der Waals surface area (Å²) in [7, 11) is -3.39. The molecule has 0 saturated heterocycles. The highest BCUT2D eigenvalue weighted by molar-refractivity contribution is 7.92. The van der Waals surface area contributed by atoms with Crippen LogP contribution >= 0.6 is 0 Å². The molecule has 0 heterocycles. The number of anilines is 1. The maximum Gasteiger partial charge on any atom is 0.251 e. The zero-order valence-corrected chi connectivity index (χ0v) is 17.3. The topological polar surface area (TPSA) is 75.3 Å². The first-order chi connectivity index (χ1) is 13.3. The summed E-state index contributed by atoms with van der Waals surface area (Å²) >= 11 is 0. The summed E-state index contributed by atoms with van der Waals surface area (Å²) < 4.78 is 25.7. The van der Waals surface area contributed by atoms with Crippen LogP contribution < -0.4 is 10.0 Å². The SMILES string of the molecule is C[C@@H](NC(=O)c1ccc(C2CCCCC2)cc1)c1ccccc1NS(C)(=O)=O. The molecule has 2 N–H and O–H groups in total. The van der Waals surface area contributed by atoms with E-state index in [4.69, 9.17) is 0 Å². The Labute approximate surface area is 167 Å². The van der Waals surface area contributed by atoms with Crippen molar-refractivity contribution in [3.8, 4) is 0 Å². The van der Waals surface area contributed by atoms with Gasteiger partial charge in [-0.25, -0.2) is 8.42 Å². The average Bonchev–Trinajstić information content (AvgIpc) is 2.68. The van der Waals surface area contributed by atoms with Gasteiger partial charge >= 0.3 is 0 Å². The van der Waals surface area contributed by atoms with E-state index >= 15 is 0 Å². The van der Waals surface area contributed by atoms with Crippen molar-refractivity contribution in [2.24, 2.45) is 0 Å². The molecular formula is C22H28N2O3S. The molecule has 0 aliphatic heterocycles. The molecule has 5 nitrogen and oxygen atoms in total. The summed E-state index contributed by atoms with van der Waals surface area (Å²) in [4.78, 5) is 12.7. The van der Waals surface area contributed by atoms with Gasteiger partial charge in [-0.1, -0.05) is 49.6 Å². The molecule has 3 rings (SSSR count). The monoisotopic (exact) mass is 400 g/mol. The van der Waals surface area contributed by atoms with Crippen LogP contribution in [0.15, 0.2) is 48.5 Å². The van der Waals surface area contributed by atoms with E-state index in [1.807, 2.05) is 31.2 Å². The van der Waals surface area contributed by atoms with E-state index in [1.54, 1.807) is 12.1 Å².